The van der Waals surface area contributed by atoms with Gasteiger partial charge in [-0.05, 0) is 12.3 Å². The van der Waals surface area contributed by atoms with Crippen molar-refractivity contribution in [3.05, 3.63) is 31.3 Å². The molecule has 2 atom stereocenters. The van der Waals surface area contributed by atoms with E-state index in [2.05, 4.69) is 21.9 Å². The maximum Gasteiger partial charge on any atom is 0.330 e. The number of aromatic amines is 2. The first-order chi connectivity index (χ1) is 10.0. The molecule has 7 nitrogen and oxygen atoms in total. The summed E-state index contributed by atoms with van der Waals surface area (Å²) in [5.74, 6) is 1.61. The van der Waals surface area contributed by atoms with E-state index < -0.39 is 11.2 Å². The Hall–Kier alpha value is -1.80. The standard InChI is InChI=1S/C13H16N4O3S/c1-6-5-7(6)9-14-10-8(12(21)15-9)11(18)16-13(19)17(10)3-4-20-2/h6-7H,3-5H2,1-2H3,(H,14,15,21)(H,16,18,19). The molecule has 0 radical (unpaired) electrons. The van der Waals surface area contributed by atoms with Gasteiger partial charge in [-0.3, -0.25) is 14.3 Å². The van der Waals surface area contributed by atoms with Gasteiger partial charge in [-0.2, -0.15) is 0 Å². The normalized spacial score (nSPS) is 20.9. The molecule has 8 heteroatoms. The van der Waals surface area contributed by atoms with Crippen LogP contribution in [0.1, 0.15) is 25.1 Å². The van der Waals surface area contributed by atoms with Crippen LogP contribution in [0.15, 0.2) is 9.59 Å². The molecule has 0 spiro atoms. The predicted molar refractivity (Wildman–Crippen MR) is 80.2 cm³/mol. The van der Waals surface area contributed by atoms with E-state index in [1.54, 1.807) is 7.11 Å². The van der Waals surface area contributed by atoms with Crippen LogP contribution >= 0.6 is 12.2 Å². The van der Waals surface area contributed by atoms with Crippen molar-refractivity contribution < 1.29 is 4.74 Å². The highest BCUT2D eigenvalue weighted by Gasteiger charge is 2.36. The quantitative estimate of drug-likeness (QED) is 0.819. The van der Waals surface area contributed by atoms with E-state index in [0.29, 0.717) is 30.6 Å². The van der Waals surface area contributed by atoms with Crippen LogP contribution in [0.25, 0.3) is 11.0 Å². The lowest BCUT2D eigenvalue weighted by Gasteiger charge is -2.10. The molecule has 21 heavy (non-hydrogen) atoms. The van der Waals surface area contributed by atoms with Crippen LogP contribution in [0.4, 0.5) is 0 Å². The van der Waals surface area contributed by atoms with Crippen LogP contribution < -0.4 is 11.2 Å². The van der Waals surface area contributed by atoms with Crippen LogP contribution in [0.5, 0.6) is 0 Å². The van der Waals surface area contributed by atoms with Crippen LogP contribution in [0, 0.1) is 10.6 Å². The number of methoxy groups -OCH3 is 1. The van der Waals surface area contributed by atoms with Gasteiger partial charge in [0, 0.05) is 13.0 Å². The number of ether oxygens (including phenoxy) is 1. The fourth-order valence-corrected chi connectivity index (χ4v) is 2.78. The minimum absolute atomic E-state index is 0.227. The van der Waals surface area contributed by atoms with E-state index in [9.17, 15) is 9.59 Å². The number of nitrogens with one attached hydrogen (secondary N) is 2. The van der Waals surface area contributed by atoms with Gasteiger partial charge in [-0.25, -0.2) is 9.78 Å². The lowest BCUT2D eigenvalue weighted by atomic mass is 10.3. The molecule has 2 unspecified atom stereocenters. The zero-order valence-corrected chi connectivity index (χ0v) is 12.6. The Morgan fingerprint density at radius 3 is 2.76 bits per heavy atom. The van der Waals surface area contributed by atoms with Gasteiger partial charge in [0.25, 0.3) is 5.56 Å². The summed E-state index contributed by atoms with van der Waals surface area (Å²) in [6.45, 7) is 2.82. The Balaban J connectivity index is 2.29. The summed E-state index contributed by atoms with van der Waals surface area (Å²) in [5, 5.41) is 0.248. The highest BCUT2D eigenvalue weighted by atomic mass is 32.1. The fraction of sp³-hybridized carbons (Fsp3) is 0.538. The van der Waals surface area contributed by atoms with Gasteiger partial charge in [-0.15, -0.1) is 0 Å². The summed E-state index contributed by atoms with van der Waals surface area (Å²) in [4.78, 5) is 33.7. The molecule has 2 aromatic rings. The number of hydrogen-bond acceptors (Lipinski definition) is 5. The highest BCUT2D eigenvalue weighted by molar-refractivity contribution is 7.71. The monoisotopic (exact) mass is 308 g/mol. The molecule has 0 aromatic carbocycles. The third kappa shape index (κ3) is 2.44. The van der Waals surface area contributed by atoms with Crippen LogP contribution in [-0.2, 0) is 11.3 Å². The Kier molecular flexibility index (Phi) is 3.50. The molecule has 2 heterocycles. The lowest BCUT2D eigenvalue weighted by Crippen LogP contribution is -2.32. The summed E-state index contributed by atoms with van der Waals surface area (Å²) < 4.78 is 6.68. The van der Waals surface area contributed by atoms with E-state index in [-0.39, 0.29) is 10.0 Å². The summed E-state index contributed by atoms with van der Waals surface area (Å²) >= 11 is 5.23. The maximum atomic E-state index is 12.0. The molecule has 3 rings (SSSR count). The van der Waals surface area contributed by atoms with Gasteiger partial charge in [0.15, 0.2) is 0 Å². The number of fused-ring (bicyclic) bond motifs is 1. The summed E-state index contributed by atoms with van der Waals surface area (Å²) in [6.07, 6.45) is 1.04. The number of rotatable bonds is 4. The van der Waals surface area contributed by atoms with Gasteiger partial charge in [0.05, 0.1) is 13.2 Å². The van der Waals surface area contributed by atoms with Crippen molar-refractivity contribution in [3.63, 3.8) is 0 Å². The van der Waals surface area contributed by atoms with Crippen molar-refractivity contribution in [1.82, 2.24) is 19.5 Å². The highest BCUT2D eigenvalue weighted by Crippen LogP contribution is 2.45. The first kappa shape index (κ1) is 14.2. The van der Waals surface area contributed by atoms with Crippen molar-refractivity contribution in [1.29, 1.82) is 0 Å². The van der Waals surface area contributed by atoms with E-state index in [4.69, 9.17) is 17.0 Å². The largest absolute Gasteiger partial charge is 0.383 e. The number of H-pyrrole nitrogens is 2. The molecule has 2 N–H and O–H groups in total. The van der Waals surface area contributed by atoms with E-state index >= 15 is 0 Å². The summed E-state index contributed by atoms with van der Waals surface area (Å²) in [6, 6.07) is 0. The molecule has 1 aliphatic carbocycles. The van der Waals surface area contributed by atoms with Crippen LogP contribution in [0.2, 0.25) is 0 Å². The number of aromatic nitrogens is 4. The second kappa shape index (κ2) is 5.19. The zero-order chi connectivity index (χ0) is 15.1. The zero-order valence-electron chi connectivity index (χ0n) is 11.8. The molecular formula is C13H16N4O3S. The molecule has 0 amide bonds. The average Bonchev–Trinajstić information content (AvgIpc) is 3.14. The molecule has 112 valence electrons. The topological polar surface area (TPSA) is 92.8 Å². The van der Waals surface area contributed by atoms with E-state index in [0.717, 1.165) is 12.2 Å². The van der Waals surface area contributed by atoms with Crippen molar-refractivity contribution in [3.8, 4) is 0 Å². The molecule has 1 saturated carbocycles. The molecule has 0 bridgehead atoms. The third-order valence-electron chi connectivity index (χ3n) is 3.86. The molecular weight excluding hydrogens is 292 g/mol. The number of hydrogen-bond donors (Lipinski definition) is 2. The Bertz CT molecular complexity index is 866. The van der Waals surface area contributed by atoms with Crippen molar-refractivity contribution in [2.75, 3.05) is 13.7 Å². The minimum atomic E-state index is -0.507. The van der Waals surface area contributed by atoms with Gasteiger partial charge < -0.3 is 9.72 Å². The van der Waals surface area contributed by atoms with Crippen LogP contribution in [0.3, 0.4) is 0 Å². The second-order valence-corrected chi connectivity index (χ2v) is 5.76. The van der Waals surface area contributed by atoms with Crippen molar-refractivity contribution >= 4 is 23.3 Å². The number of nitrogens with zero attached hydrogens (tertiary/aromatic N) is 2. The van der Waals surface area contributed by atoms with Gasteiger partial charge in [0.1, 0.15) is 21.5 Å². The minimum Gasteiger partial charge on any atom is -0.383 e. The predicted octanol–water partition coefficient (Wildman–Crippen LogP) is 0.912. The molecule has 1 aliphatic rings. The SMILES string of the molecule is COCCn1c(=O)[nH]c(=O)c2c(=S)nc(C3CC3C)[nH]c21. The average molecular weight is 308 g/mol. The molecule has 0 saturated heterocycles. The van der Waals surface area contributed by atoms with Gasteiger partial charge >= 0.3 is 5.69 Å². The Labute approximate surface area is 125 Å². The Morgan fingerprint density at radius 1 is 1.43 bits per heavy atom. The van der Waals surface area contributed by atoms with Gasteiger partial charge in [0.2, 0.25) is 0 Å². The third-order valence-corrected chi connectivity index (χ3v) is 4.16. The summed E-state index contributed by atoms with van der Waals surface area (Å²) in [5.41, 5.74) is -0.557. The van der Waals surface area contributed by atoms with Crippen LogP contribution in [-0.4, -0.2) is 33.2 Å². The first-order valence-corrected chi connectivity index (χ1v) is 7.19. The maximum absolute atomic E-state index is 12.0. The molecule has 1 fully saturated rings. The van der Waals surface area contributed by atoms with E-state index in [1.165, 1.54) is 4.57 Å². The second-order valence-electron chi connectivity index (χ2n) is 5.37. The van der Waals surface area contributed by atoms with Gasteiger partial charge in [-0.1, -0.05) is 19.1 Å². The summed E-state index contributed by atoms with van der Waals surface area (Å²) in [7, 11) is 1.56. The smallest absolute Gasteiger partial charge is 0.330 e. The van der Waals surface area contributed by atoms with E-state index in [1.807, 2.05) is 0 Å². The van der Waals surface area contributed by atoms with Crippen molar-refractivity contribution in [2.24, 2.45) is 5.92 Å². The molecule has 0 aliphatic heterocycles. The fourth-order valence-electron chi connectivity index (χ4n) is 2.49. The molecule has 2 aromatic heterocycles. The lowest BCUT2D eigenvalue weighted by molar-refractivity contribution is 0.187. The van der Waals surface area contributed by atoms with Crippen molar-refractivity contribution in [2.45, 2.75) is 25.8 Å². The first-order valence-electron chi connectivity index (χ1n) is 6.79. The Morgan fingerprint density at radius 2 is 2.14 bits per heavy atom.